The summed E-state index contributed by atoms with van der Waals surface area (Å²) in [6, 6.07) is 1.71. The van der Waals surface area contributed by atoms with E-state index in [2.05, 4.69) is 9.97 Å². The number of aryl methyl sites for hydroxylation is 1. The van der Waals surface area contributed by atoms with Crippen molar-refractivity contribution >= 4 is 16.7 Å². The van der Waals surface area contributed by atoms with E-state index in [1.54, 1.807) is 6.07 Å². The van der Waals surface area contributed by atoms with Crippen LogP contribution >= 0.6 is 0 Å². The number of fused-ring (bicyclic) bond motifs is 3. The number of rotatable bonds is 0. The van der Waals surface area contributed by atoms with Gasteiger partial charge in [0.2, 0.25) is 0 Å². The highest BCUT2D eigenvalue weighted by Gasteiger charge is 2.18. The van der Waals surface area contributed by atoms with Gasteiger partial charge < -0.3 is 15.9 Å². The highest BCUT2D eigenvalue weighted by atomic mass is 16.3. The van der Waals surface area contributed by atoms with E-state index in [0.29, 0.717) is 16.7 Å². The Labute approximate surface area is 97.9 Å². The average Bonchev–Trinajstić information content (AvgIpc) is 2.32. The lowest BCUT2D eigenvalue weighted by molar-refractivity contribution is 0.377. The van der Waals surface area contributed by atoms with Crippen molar-refractivity contribution in [1.82, 2.24) is 9.97 Å². The molecule has 1 heterocycles. The van der Waals surface area contributed by atoms with Gasteiger partial charge in [0.05, 0.1) is 11.0 Å². The van der Waals surface area contributed by atoms with Crippen LogP contribution in [0, 0.1) is 0 Å². The number of nitrogens with two attached hydrogens (primary N) is 1. The summed E-state index contributed by atoms with van der Waals surface area (Å²) in [5.74, 6) is -0.872. The van der Waals surface area contributed by atoms with Gasteiger partial charge in [-0.1, -0.05) is 0 Å². The molecule has 1 aliphatic rings. The van der Waals surface area contributed by atoms with Gasteiger partial charge in [0, 0.05) is 5.69 Å². The summed E-state index contributed by atoms with van der Waals surface area (Å²) in [5, 5.41) is 18.8. The Bertz CT molecular complexity index is 610. The third kappa shape index (κ3) is 1.46. The molecule has 2 aromatic rings. The van der Waals surface area contributed by atoms with Crippen LogP contribution in [0.2, 0.25) is 0 Å². The predicted octanol–water partition coefficient (Wildman–Crippen LogP) is 1.50. The molecule has 0 spiro atoms. The summed E-state index contributed by atoms with van der Waals surface area (Å²) in [5.41, 5.74) is 10.1. The maximum absolute atomic E-state index is 9.43. The lowest BCUT2D eigenvalue weighted by Gasteiger charge is -2.19. The quantitative estimate of drug-likeness (QED) is 0.597. The molecule has 0 amide bonds. The Morgan fingerprint density at radius 2 is 1.65 bits per heavy atom. The van der Waals surface area contributed by atoms with Gasteiger partial charge in [-0.3, -0.25) is 0 Å². The van der Waals surface area contributed by atoms with E-state index in [-0.39, 0.29) is 0 Å². The van der Waals surface area contributed by atoms with Gasteiger partial charge in [-0.05, 0) is 42.9 Å². The van der Waals surface area contributed by atoms with Gasteiger partial charge in [0.15, 0.2) is 0 Å². The molecular weight excluding hydrogens is 218 g/mol. The molecule has 1 aliphatic carbocycles. The maximum Gasteiger partial charge on any atom is 0.276 e. The number of aromatic hydroxyl groups is 2. The normalized spacial score (nSPS) is 14.8. The first-order valence-electron chi connectivity index (χ1n) is 5.66. The number of hydrogen-bond acceptors (Lipinski definition) is 5. The van der Waals surface area contributed by atoms with E-state index in [0.717, 1.165) is 36.8 Å². The van der Waals surface area contributed by atoms with Crippen LogP contribution in [0.3, 0.4) is 0 Å². The second kappa shape index (κ2) is 3.48. The van der Waals surface area contributed by atoms with Crippen molar-refractivity contribution in [2.75, 3.05) is 5.73 Å². The van der Waals surface area contributed by atoms with Crippen molar-refractivity contribution in [2.45, 2.75) is 25.7 Å². The minimum absolute atomic E-state index is 0.421. The van der Waals surface area contributed by atoms with E-state index in [4.69, 9.17) is 5.73 Å². The second-order valence-corrected chi connectivity index (χ2v) is 4.37. The molecule has 0 radical (unpaired) electrons. The number of nitrogens with zero attached hydrogens (tertiary/aromatic N) is 2. The molecule has 4 N–H and O–H groups in total. The SMILES string of the molecule is Nc1cc2nc(O)c(O)nc2c2c1CCCC2. The third-order valence-corrected chi connectivity index (χ3v) is 3.28. The van der Waals surface area contributed by atoms with Crippen molar-refractivity contribution in [2.24, 2.45) is 0 Å². The molecule has 3 rings (SSSR count). The van der Waals surface area contributed by atoms with E-state index in [1.807, 2.05) is 0 Å². The smallest absolute Gasteiger partial charge is 0.276 e. The molecule has 0 saturated carbocycles. The lowest BCUT2D eigenvalue weighted by atomic mass is 9.89. The monoisotopic (exact) mass is 231 g/mol. The van der Waals surface area contributed by atoms with Crippen molar-refractivity contribution < 1.29 is 10.2 Å². The van der Waals surface area contributed by atoms with Gasteiger partial charge in [-0.2, -0.15) is 0 Å². The van der Waals surface area contributed by atoms with Crippen LogP contribution in [0.25, 0.3) is 11.0 Å². The first kappa shape index (κ1) is 10.1. The molecular formula is C12H13N3O2. The zero-order chi connectivity index (χ0) is 12.0. The van der Waals surface area contributed by atoms with Crippen LogP contribution in [0.1, 0.15) is 24.0 Å². The molecule has 0 atom stereocenters. The van der Waals surface area contributed by atoms with Crippen LogP contribution in [0.4, 0.5) is 5.69 Å². The summed E-state index contributed by atoms with van der Waals surface area (Å²) in [6.07, 6.45) is 4.06. The number of anilines is 1. The average molecular weight is 231 g/mol. The van der Waals surface area contributed by atoms with Gasteiger partial charge in [0.1, 0.15) is 0 Å². The maximum atomic E-state index is 9.43. The van der Waals surface area contributed by atoms with E-state index in [1.165, 1.54) is 0 Å². The standard InChI is InChI=1S/C12H13N3O2/c13-8-5-9-10(15-12(17)11(16)14-9)7-4-2-1-3-6(7)8/h5H,1-4,13H2,(H,14,16)(H,15,17). The number of aromatic nitrogens is 2. The van der Waals surface area contributed by atoms with Crippen molar-refractivity contribution in [3.05, 3.63) is 17.2 Å². The minimum atomic E-state index is -0.451. The third-order valence-electron chi connectivity index (χ3n) is 3.28. The topological polar surface area (TPSA) is 92.3 Å². The van der Waals surface area contributed by atoms with Crippen LogP contribution in [0.15, 0.2) is 6.07 Å². The molecule has 5 heteroatoms. The highest BCUT2D eigenvalue weighted by molar-refractivity contribution is 5.85. The Hall–Kier alpha value is -2.04. The fourth-order valence-electron chi connectivity index (χ4n) is 2.47. The van der Waals surface area contributed by atoms with Gasteiger partial charge >= 0.3 is 0 Å². The van der Waals surface area contributed by atoms with E-state index >= 15 is 0 Å². The molecule has 0 unspecified atom stereocenters. The van der Waals surface area contributed by atoms with Crippen LogP contribution in [0.5, 0.6) is 11.8 Å². The lowest BCUT2D eigenvalue weighted by Crippen LogP contribution is -2.08. The zero-order valence-electron chi connectivity index (χ0n) is 9.27. The van der Waals surface area contributed by atoms with E-state index in [9.17, 15) is 10.2 Å². The second-order valence-electron chi connectivity index (χ2n) is 4.37. The Kier molecular flexibility index (Phi) is 2.07. The first-order chi connectivity index (χ1) is 8.16. The minimum Gasteiger partial charge on any atom is -0.489 e. The fraction of sp³-hybridized carbons (Fsp3) is 0.333. The summed E-state index contributed by atoms with van der Waals surface area (Å²) in [6.45, 7) is 0. The van der Waals surface area contributed by atoms with Crippen LogP contribution in [-0.4, -0.2) is 20.2 Å². The first-order valence-corrected chi connectivity index (χ1v) is 5.66. The number of benzene rings is 1. The molecule has 5 nitrogen and oxygen atoms in total. The predicted molar refractivity (Wildman–Crippen MR) is 63.9 cm³/mol. The summed E-state index contributed by atoms with van der Waals surface area (Å²) in [7, 11) is 0. The highest BCUT2D eigenvalue weighted by Crippen LogP contribution is 2.34. The Morgan fingerprint density at radius 1 is 1.00 bits per heavy atom. The van der Waals surface area contributed by atoms with Gasteiger partial charge in [0.25, 0.3) is 11.8 Å². The molecule has 0 bridgehead atoms. The molecule has 0 aliphatic heterocycles. The Balaban J connectivity index is 2.39. The van der Waals surface area contributed by atoms with Crippen molar-refractivity contribution in [3.8, 4) is 11.8 Å². The largest absolute Gasteiger partial charge is 0.489 e. The summed E-state index contributed by atoms with van der Waals surface area (Å²) in [4.78, 5) is 7.92. The van der Waals surface area contributed by atoms with Crippen LogP contribution < -0.4 is 5.73 Å². The number of nitrogen functional groups attached to an aromatic ring is 1. The van der Waals surface area contributed by atoms with Crippen LogP contribution in [-0.2, 0) is 12.8 Å². The Morgan fingerprint density at radius 3 is 2.41 bits per heavy atom. The van der Waals surface area contributed by atoms with E-state index < -0.39 is 11.8 Å². The molecule has 88 valence electrons. The zero-order valence-corrected chi connectivity index (χ0v) is 9.27. The summed E-state index contributed by atoms with van der Waals surface area (Å²) < 4.78 is 0. The molecule has 1 aromatic heterocycles. The molecule has 1 aromatic carbocycles. The fourth-order valence-corrected chi connectivity index (χ4v) is 2.47. The summed E-state index contributed by atoms with van der Waals surface area (Å²) >= 11 is 0. The molecule has 0 saturated heterocycles. The van der Waals surface area contributed by atoms with Crippen molar-refractivity contribution in [1.29, 1.82) is 0 Å². The van der Waals surface area contributed by atoms with Gasteiger partial charge in [-0.25, -0.2) is 9.97 Å². The van der Waals surface area contributed by atoms with Gasteiger partial charge in [-0.15, -0.1) is 0 Å². The molecule has 0 fully saturated rings. The number of hydrogen-bond donors (Lipinski definition) is 3. The van der Waals surface area contributed by atoms with Crippen molar-refractivity contribution in [3.63, 3.8) is 0 Å². The molecule has 17 heavy (non-hydrogen) atoms.